The van der Waals surface area contributed by atoms with Crippen molar-refractivity contribution in [2.45, 2.75) is 25.7 Å². The van der Waals surface area contributed by atoms with E-state index in [1.807, 2.05) is 48.2 Å². The van der Waals surface area contributed by atoms with Gasteiger partial charge in [-0.3, -0.25) is 4.90 Å². The van der Waals surface area contributed by atoms with E-state index in [-0.39, 0.29) is 12.5 Å². The van der Waals surface area contributed by atoms with E-state index in [1.165, 1.54) is 5.56 Å². The van der Waals surface area contributed by atoms with Gasteiger partial charge in [0.25, 0.3) is 6.43 Å². The second-order valence-electron chi connectivity index (χ2n) is 7.24. The fourth-order valence-corrected chi connectivity index (χ4v) is 3.74. The Labute approximate surface area is 163 Å². The number of hydrogen-bond donors (Lipinski definition) is 1. The standard InChI is InChI=1S/C21H23F2N5/c1-15-9-17(16-7-8-27(12-16)13-20(22)23)11-18(10-15)25-21-24-14-28(26-21)19-5-3-2-4-6-19/h2-6,9-11,14,16,20H,7-8,12-13H2,1H3,(H,25,26). The van der Waals surface area contributed by atoms with Gasteiger partial charge in [0, 0.05) is 12.2 Å². The van der Waals surface area contributed by atoms with Crippen LogP contribution in [-0.2, 0) is 0 Å². The van der Waals surface area contributed by atoms with Crippen molar-refractivity contribution in [3.63, 3.8) is 0 Å². The number of hydrogen-bond acceptors (Lipinski definition) is 4. The van der Waals surface area contributed by atoms with Gasteiger partial charge in [0.2, 0.25) is 5.95 Å². The Hall–Kier alpha value is -2.80. The summed E-state index contributed by atoms with van der Waals surface area (Å²) in [6, 6.07) is 16.1. The fraction of sp³-hybridized carbons (Fsp3) is 0.333. The number of likely N-dealkylation sites (tertiary alicyclic amines) is 1. The first-order valence-corrected chi connectivity index (χ1v) is 9.43. The molecule has 3 aromatic rings. The number of anilines is 2. The second kappa shape index (κ2) is 8.06. The number of aromatic nitrogens is 3. The summed E-state index contributed by atoms with van der Waals surface area (Å²) >= 11 is 0. The minimum atomic E-state index is -2.28. The maximum Gasteiger partial charge on any atom is 0.251 e. The van der Waals surface area contributed by atoms with E-state index in [1.54, 1.807) is 11.0 Å². The normalized spacial score (nSPS) is 17.4. The number of nitrogens with one attached hydrogen (secondary N) is 1. The van der Waals surface area contributed by atoms with Crippen LogP contribution in [0.4, 0.5) is 20.4 Å². The Morgan fingerprint density at radius 3 is 2.79 bits per heavy atom. The summed E-state index contributed by atoms with van der Waals surface area (Å²) in [5, 5.41) is 7.75. The van der Waals surface area contributed by atoms with Gasteiger partial charge < -0.3 is 5.32 Å². The lowest BCUT2D eigenvalue weighted by molar-refractivity contribution is 0.0990. The summed E-state index contributed by atoms with van der Waals surface area (Å²) < 4.78 is 27.0. The highest BCUT2D eigenvalue weighted by Gasteiger charge is 2.26. The van der Waals surface area contributed by atoms with Gasteiger partial charge in [0.15, 0.2) is 0 Å². The number of aryl methyl sites for hydroxylation is 1. The Morgan fingerprint density at radius 1 is 1.18 bits per heavy atom. The van der Waals surface area contributed by atoms with E-state index >= 15 is 0 Å². The summed E-state index contributed by atoms with van der Waals surface area (Å²) in [4.78, 5) is 6.18. The van der Waals surface area contributed by atoms with Crippen LogP contribution in [0, 0.1) is 6.92 Å². The predicted octanol–water partition coefficient (Wildman–Crippen LogP) is 4.37. The summed E-state index contributed by atoms with van der Waals surface area (Å²) in [6.45, 7) is 3.29. The monoisotopic (exact) mass is 383 g/mol. The highest BCUT2D eigenvalue weighted by Crippen LogP contribution is 2.30. The van der Waals surface area contributed by atoms with Crippen molar-refractivity contribution >= 4 is 11.6 Å². The Balaban J connectivity index is 1.48. The molecule has 1 atom stereocenters. The van der Waals surface area contributed by atoms with Crippen LogP contribution in [-0.4, -0.2) is 45.7 Å². The molecule has 1 N–H and O–H groups in total. The molecule has 0 saturated carbocycles. The van der Waals surface area contributed by atoms with E-state index in [4.69, 9.17) is 0 Å². The van der Waals surface area contributed by atoms with E-state index in [0.29, 0.717) is 12.5 Å². The molecule has 4 rings (SSSR count). The van der Waals surface area contributed by atoms with Gasteiger partial charge in [-0.05, 0) is 61.2 Å². The topological polar surface area (TPSA) is 46.0 Å². The highest BCUT2D eigenvalue weighted by atomic mass is 19.3. The van der Waals surface area contributed by atoms with Crippen LogP contribution in [0.1, 0.15) is 23.5 Å². The first-order chi connectivity index (χ1) is 13.6. The third-order valence-electron chi connectivity index (χ3n) is 5.01. The molecule has 1 aliphatic rings. The quantitative estimate of drug-likeness (QED) is 0.686. The number of nitrogens with zero attached hydrogens (tertiary/aromatic N) is 4. The number of para-hydroxylation sites is 1. The number of halogens is 2. The minimum absolute atomic E-state index is 0.145. The van der Waals surface area contributed by atoms with Gasteiger partial charge in [-0.2, -0.15) is 4.98 Å². The van der Waals surface area contributed by atoms with Gasteiger partial charge >= 0.3 is 0 Å². The van der Waals surface area contributed by atoms with Crippen molar-refractivity contribution in [3.8, 4) is 5.69 Å². The van der Waals surface area contributed by atoms with Crippen molar-refractivity contribution in [1.82, 2.24) is 19.7 Å². The lowest BCUT2D eigenvalue weighted by atomic mass is 9.96. The van der Waals surface area contributed by atoms with Crippen LogP contribution < -0.4 is 5.32 Å². The maximum absolute atomic E-state index is 12.6. The molecule has 0 radical (unpaired) electrons. The molecular weight excluding hydrogens is 360 g/mol. The molecule has 7 heteroatoms. The fourth-order valence-electron chi connectivity index (χ4n) is 3.74. The molecule has 0 bridgehead atoms. The lowest BCUT2D eigenvalue weighted by Crippen LogP contribution is -2.26. The van der Waals surface area contributed by atoms with E-state index in [9.17, 15) is 8.78 Å². The lowest BCUT2D eigenvalue weighted by Gasteiger charge is -2.16. The number of alkyl halides is 2. The Morgan fingerprint density at radius 2 is 2.00 bits per heavy atom. The molecule has 146 valence electrons. The smallest absolute Gasteiger partial charge is 0.251 e. The van der Waals surface area contributed by atoms with E-state index in [2.05, 4.69) is 27.5 Å². The Bertz CT molecular complexity index is 926. The van der Waals surface area contributed by atoms with Crippen LogP contribution in [0.15, 0.2) is 54.9 Å². The van der Waals surface area contributed by atoms with Gasteiger partial charge in [-0.15, -0.1) is 5.10 Å². The zero-order chi connectivity index (χ0) is 19.5. The molecular formula is C21H23F2N5. The molecule has 1 aliphatic heterocycles. The van der Waals surface area contributed by atoms with Gasteiger partial charge in [0.05, 0.1) is 12.2 Å². The molecule has 1 saturated heterocycles. The molecule has 1 unspecified atom stereocenters. The van der Waals surface area contributed by atoms with Crippen LogP contribution in [0.5, 0.6) is 0 Å². The maximum atomic E-state index is 12.6. The number of benzene rings is 2. The van der Waals surface area contributed by atoms with Gasteiger partial charge in [0.1, 0.15) is 6.33 Å². The van der Waals surface area contributed by atoms with Gasteiger partial charge in [-0.25, -0.2) is 13.5 Å². The third-order valence-corrected chi connectivity index (χ3v) is 5.01. The first-order valence-electron chi connectivity index (χ1n) is 9.43. The van der Waals surface area contributed by atoms with E-state index in [0.717, 1.165) is 29.9 Å². The van der Waals surface area contributed by atoms with E-state index < -0.39 is 6.43 Å². The third kappa shape index (κ3) is 4.36. The summed E-state index contributed by atoms with van der Waals surface area (Å²) in [5.41, 5.74) is 4.14. The summed E-state index contributed by atoms with van der Waals surface area (Å²) in [5.74, 6) is 0.792. The average Bonchev–Trinajstić information content (AvgIpc) is 3.31. The Kier molecular flexibility index (Phi) is 5.34. The van der Waals surface area contributed by atoms with Crippen LogP contribution in [0.3, 0.4) is 0 Å². The van der Waals surface area contributed by atoms with Crippen molar-refractivity contribution in [2.24, 2.45) is 0 Å². The van der Waals surface area contributed by atoms with Crippen LogP contribution in [0.2, 0.25) is 0 Å². The van der Waals surface area contributed by atoms with Crippen molar-refractivity contribution in [1.29, 1.82) is 0 Å². The SMILES string of the molecule is Cc1cc(Nc2ncn(-c3ccccc3)n2)cc(C2CCN(CC(F)F)C2)c1. The molecule has 2 heterocycles. The van der Waals surface area contributed by atoms with Gasteiger partial charge in [-0.1, -0.05) is 24.3 Å². The highest BCUT2D eigenvalue weighted by molar-refractivity contribution is 5.56. The molecule has 5 nitrogen and oxygen atoms in total. The van der Waals surface area contributed by atoms with Crippen molar-refractivity contribution in [3.05, 3.63) is 66.0 Å². The molecule has 0 amide bonds. The zero-order valence-corrected chi connectivity index (χ0v) is 15.7. The molecule has 1 aromatic heterocycles. The average molecular weight is 383 g/mol. The molecule has 0 aliphatic carbocycles. The molecule has 28 heavy (non-hydrogen) atoms. The predicted molar refractivity (Wildman–Crippen MR) is 106 cm³/mol. The molecule has 1 fully saturated rings. The first kappa shape index (κ1) is 18.6. The summed E-state index contributed by atoms with van der Waals surface area (Å²) in [6.07, 6.45) is 0.295. The van der Waals surface area contributed by atoms with Crippen molar-refractivity contribution < 1.29 is 8.78 Å². The molecule has 2 aromatic carbocycles. The largest absolute Gasteiger partial charge is 0.323 e. The molecule has 0 spiro atoms. The van der Waals surface area contributed by atoms with Crippen LogP contribution in [0.25, 0.3) is 5.69 Å². The van der Waals surface area contributed by atoms with Crippen molar-refractivity contribution in [2.75, 3.05) is 25.0 Å². The summed E-state index contributed by atoms with van der Waals surface area (Å²) in [7, 11) is 0. The second-order valence-corrected chi connectivity index (χ2v) is 7.24. The van der Waals surface area contributed by atoms with Crippen LogP contribution >= 0.6 is 0 Å². The number of rotatable bonds is 6. The minimum Gasteiger partial charge on any atom is -0.323 e. The zero-order valence-electron chi connectivity index (χ0n) is 15.7.